The standard InChI is InChI=1S/C21H23N3O3S3/c25-20(23-21-22-18(15-29-21)19-5-4-14-28-19)11-8-16-6-9-17(10-7-16)30(26,27)24-12-2-1-3-13-24/h4-7,9-10,14-15H,1-3,8,11-13H2,(H,22,23,25). The molecule has 0 aliphatic carbocycles. The number of hydrogen-bond donors (Lipinski definition) is 1. The summed E-state index contributed by atoms with van der Waals surface area (Å²) in [4.78, 5) is 18.1. The summed E-state index contributed by atoms with van der Waals surface area (Å²) in [6.07, 6.45) is 3.77. The lowest BCUT2D eigenvalue weighted by molar-refractivity contribution is -0.116. The number of amides is 1. The second-order valence-electron chi connectivity index (χ2n) is 7.17. The Kier molecular flexibility index (Phi) is 6.62. The van der Waals surface area contributed by atoms with Crippen LogP contribution in [-0.2, 0) is 21.2 Å². The van der Waals surface area contributed by atoms with Crippen LogP contribution in [-0.4, -0.2) is 36.7 Å². The summed E-state index contributed by atoms with van der Waals surface area (Å²) in [5.41, 5.74) is 1.80. The number of sulfonamides is 1. The summed E-state index contributed by atoms with van der Waals surface area (Å²) in [6.45, 7) is 1.18. The van der Waals surface area contributed by atoms with Gasteiger partial charge in [-0.25, -0.2) is 13.4 Å². The van der Waals surface area contributed by atoms with E-state index in [2.05, 4.69) is 10.3 Å². The lowest BCUT2D eigenvalue weighted by atomic mass is 10.1. The van der Waals surface area contributed by atoms with E-state index in [0.29, 0.717) is 36.0 Å². The van der Waals surface area contributed by atoms with E-state index in [4.69, 9.17) is 0 Å². The molecule has 158 valence electrons. The number of nitrogens with zero attached hydrogens (tertiary/aromatic N) is 2. The highest BCUT2D eigenvalue weighted by Gasteiger charge is 2.25. The molecule has 2 aromatic heterocycles. The highest BCUT2D eigenvalue weighted by Crippen LogP contribution is 2.28. The van der Waals surface area contributed by atoms with Gasteiger partial charge in [0.1, 0.15) is 0 Å². The fourth-order valence-corrected chi connectivity index (χ4v) is 6.40. The molecule has 0 saturated carbocycles. The number of benzene rings is 1. The average molecular weight is 462 g/mol. The molecule has 3 heterocycles. The van der Waals surface area contributed by atoms with Gasteiger partial charge in [-0.2, -0.15) is 4.31 Å². The number of thiophene rings is 1. The molecule has 1 aromatic carbocycles. The normalized spacial score (nSPS) is 15.2. The van der Waals surface area contributed by atoms with Crippen LogP contribution in [0.15, 0.2) is 52.1 Å². The maximum atomic E-state index is 12.7. The van der Waals surface area contributed by atoms with Gasteiger partial charge in [-0.05, 0) is 48.4 Å². The molecule has 1 aliphatic rings. The van der Waals surface area contributed by atoms with Crippen molar-refractivity contribution in [1.82, 2.24) is 9.29 Å². The molecule has 4 rings (SSSR count). The van der Waals surface area contributed by atoms with Gasteiger partial charge >= 0.3 is 0 Å². The van der Waals surface area contributed by atoms with Crippen LogP contribution >= 0.6 is 22.7 Å². The Labute approximate surface area is 184 Å². The van der Waals surface area contributed by atoms with Gasteiger partial charge in [-0.1, -0.05) is 24.6 Å². The molecule has 1 N–H and O–H groups in total. The summed E-state index contributed by atoms with van der Waals surface area (Å²) < 4.78 is 27.0. The fraction of sp³-hybridized carbons (Fsp3) is 0.333. The van der Waals surface area contributed by atoms with E-state index in [0.717, 1.165) is 35.4 Å². The van der Waals surface area contributed by atoms with E-state index < -0.39 is 10.0 Å². The van der Waals surface area contributed by atoms with E-state index in [1.54, 1.807) is 39.9 Å². The summed E-state index contributed by atoms with van der Waals surface area (Å²) in [5.74, 6) is -0.105. The molecule has 1 aliphatic heterocycles. The number of anilines is 1. The van der Waals surface area contributed by atoms with Crippen LogP contribution in [0.1, 0.15) is 31.2 Å². The predicted octanol–water partition coefficient (Wildman–Crippen LogP) is 4.62. The summed E-state index contributed by atoms with van der Waals surface area (Å²) in [5, 5.41) is 7.36. The van der Waals surface area contributed by atoms with Crippen LogP contribution in [0, 0.1) is 0 Å². The lowest BCUT2D eigenvalue weighted by Crippen LogP contribution is -2.35. The van der Waals surface area contributed by atoms with Gasteiger partial charge in [-0.15, -0.1) is 22.7 Å². The Balaban J connectivity index is 1.31. The van der Waals surface area contributed by atoms with Gasteiger partial charge < -0.3 is 5.32 Å². The Morgan fingerprint density at radius 1 is 1.07 bits per heavy atom. The van der Waals surface area contributed by atoms with Crippen molar-refractivity contribution >= 4 is 43.7 Å². The predicted molar refractivity (Wildman–Crippen MR) is 121 cm³/mol. The second kappa shape index (κ2) is 9.38. The third-order valence-corrected chi connectivity index (χ3v) is 8.60. The quantitative estimate of drug-likeness (QED) is 0.557. The van der Waals surface area contributed by atoms with Gasteiger partial charge in [0.15, 0.2) is 5.13 Å². The molecule has 0 radical (unpaired) electrons. The van der Waals surface area contributed by atoms with Crippen LogP contribution in [0.25, 0.3) is 10.6 Å². The van der Waals surface area contributed by atoms with Crippen LogP contribution in [0.5, 0.6) is 0 Å². The SMILES string of the molecule is O=C(CCc1ccc(S(=O)(=O)N2CCCCC2)cc1)Nc1nc(-c2cccs2)cs1. The average Bonchev–Trinajstić information content (AvgIpc) is 3.45. The van der Waals surface area contributed by atoms with Gasteiger partial charge in [0, 0.05) is 24.9 Å². The zero-order chi connectivity index (χ0) is 21.0. The largest absolute Gasteiger partial charge is 0.302 e. The van der Waals surface area contributed by atoms with Crippen LogP contribution in [0.2, 0.25) is 0 Å². The number of hydrogen-bond acceptors (Lipinski definition) is 6. The minimum atomic E-state index is -3.42. The summed E-state index contributed by atoms with van der Waals surface area (Å²) >= 11 is 3.02. The molecular weight excluding hydrogens is 438 g/mol. The van der Waals surface area contributed by atoms with Crippen molar-refractivity contribution in [2.24, 2.45) is 0 Å². The third kappa shape index (κ3) is 4.97. The number of piperidine rings is 1. The highest BCUT2D eigenvalue weighted by molar-refractivity contribution is 7.89. The maximum absolute atomic E-state index is 12.7. The number of nitrogens with one attached hydrogen (secondary N) is 1. The Morgan fingerprint density at radius 2 is 1.83 bits per heavy atom. The van der Waals surface area contributed by atoms with Crippen LogP contribution in [0.4, 0.5) is 5.13 Å². The van der Waals surface area contributed by atoms with Gasteiger partial charge in [-0.3, -0.25) is 4.79 Å². The number of aryl methyl sites for hydroxylation is 1. The van der Waals surface area contributed by atoms with Crippen molar-refractivity contribution in [3.8, 4) is 10.6 Å². The monoisotopic (exact) mass is 461 g/mol. The zero-order valence-corrected chi connectivity index (χ0v) is 18.9. The highest BCUT2D eigenvalue weighted by atomic mass is 32.2. The second-order valence-corrected chi connectivity index (χ2v) is 10.9. The molecule has 0 atom stereocenters. The summed E-state index contributed by atoms with van der Waals surface area (Å²) in [7, 11) is -3.42. The van der Waals surface area contributed by atoms with Crippen molar-refractivity contribution in [3.63, 3.8) is 0 Å². The molecule has 1 fully saturated rings. The Hall–Kier alpha value is -2.07. The molecular formula is C21H23N3O3S3. The molecule has 0 spiro atoms. The maximum Gasteiger partial charge on any atom is 0.243 e. The van der Waals surface area contributed by atoms with Crippen LogP contribution < -0.4 is 5.32 Å². The van der Waals surface area contributed by atoms with Gasteiger partial charge in [0.25, 0.3) is 0 Å². The minimum absolute atomic E-state index is 0.105. The van der Waals surface area contributed by atoms with E-state index in [-0.39, 0.29) is 5.91 Å². The topological polar surface area (TPSA) is 79.4 Å². The smallest absolute Gasteiger partial charge is 0.243 e. The molecule has 3 aromatic rings. The number of aromatic nitrogens is 1. The fourth-order valence-electron chi connectivity index (χ4n) is 3.39. The Morgan fingerprint density at radius 3 is 2.53 bits per heavy atom. The van der Waals surface area contributed by atoms with Crippen molar-refractivity contribution in [1.29, 1.82) is 0 Å². The molecule has 0 bridgehead atoms. The van der Waals surface area contributed by atoms with E-state index in [1.165, 1.54) is 11.3 Å². The number of rotatable bonds is 7. The molecule has 1 amide bonds. The summed E-state index contributed by atoms with van der Waals surface area (Å²) in [6, 6.07) is 10.8. The first-order valence-corrected chi connectivity index (χ1v) is 13.1. The first-order valence-electron chi connectivity index (χ1n) is 9.91. The van der Waals surface area contributed by atoms with Crippen molar-refractivity contribution in [2.45, 2.75) is 37.0 Å². The molecule has 1 saturated heterocycles. The molecule has 6 nitrogen and oxygen atoms in total. The van der Waals surface area contributed by atoms with Crippen LogP contribution in [0.3, 0.4) is 0 Å². The van der Waals surface area contributed by atoms with Crippen molar-refractivity contribution in [3.05, 3.63) is 52.7 Å². The van der Waals surface area contributed by atoms with Crippen molar-refractivity contribution < 1.29 is 13.2 Å². The number of carbonyl (C=O) groups is 1. The molecule has 0 unspecified atom stereocenters. The minimum Gasteiger partial charge on any atom is -0.302 e. The van der Waals surface area contributed by atoms with E-state index in [9.17, 15) is 13.2 Å². The first-order chi connectivity index (χ1) is 14.5. The first kappa shape index (κ1) is 21.2. The van der Waals surface area contributed by atoms with E-state index >= 15 is 0 Å². The zero-order valence-electron chi connectivity index (χ0n) is 16.4. The van der Waals surface area contributed by atoms with Crippen molar-refractivity contribution in [2.75, 3.05) is 18.4 Å². The lowest BCUT2D eigenvalue weighted by Gasteiger charge is -2.25. The molecule has 30 heavy (non-hydrogen) atoms. The van der Waals surface area contributed by atoms with Gasteiger partial charge in [0.05, 0.1) is 15.5 Å². The van der Waals surface area contributed by atoms with Gasteiger partial charge in [0.2, 0.25) is 15.9 Å². The van der Waals surface area contributed by atoms with E-state index in [1.807, 2.05) is 22.9 Å². The third-order valence-electron chi connectivity index (χ3n) is 5.04. The molecule has 9 heteroatoms. The number of carbonyl (C=O) groups excluding carboxylic acids is 1. The Bertz CT molecular complexity index is 1080. The number of thiazole rings is 1.